The molecule has 2 heterocycles. The Kier molecular flexibility index (Phi) is 3.56. The van der Waals surface area contributed by atoms with Crippen molar-refractivity contribution in [2.45, 2.75) is 31.1 Å². The van der Waals surface area contributed by atoms with E-state index in [0.717, 1.165) is 12.0 Å². The van der Waals surface area contributed by atoms with E-state index < -0.39 is 0 Å². The quantitative estimate of drug-likeness (QED) is 0.814. The molecule has 6 heteroatoms. The molecule has 2 atom stereocenters. The predicted octanol–water partition coefficient (Wildman–Crippen LogP) is 1.71. The Labute approximate surface area is 110 Å². The lowest BCUT2D eigenvalue weighted by Gasteiger charge is -2.33. The van der Waals surface area contributed by atoms with Gasteiger partial charge in [-0.2, -0.15) is 0 Å². The second kappa shape index (κ2) is 4.97. The molecule has 0 aromatic carbocycles. The maximum absolute atomic E-state index is 10.5. The van der Waals surface area contributed by atoms with Crippen LogP contribution in [0.15, 0.2) is 23.5 Å². The molecule has 3 N–H and O–H groups in total. The molecular weight excluding hydrogens is 248 g/mol. The average molecular weight is 264 g/mol. The molecule has 1 aliphatic rings. The SMILES string of the molecule is CC1CC(C)(c2cncc(NC=O)c2)N=C(N)S1. The number of nitrogens with one attached hydrogen (secondary N) is 1. The van der Waals surface area contributed by atoms with Gasteiger partial charge in [0.25, 0.3) is 0 Å². The number of thioether (sulfide) groups is 1. The number of nitrogens with two attached hydrogens (primary N) is 1. The molecular formula is C12H16N4OS. The minimum Gasteiger partial charge on any atom is -0.379 e. The molecule has 0 bridgehead atoms. The fourth-order valence-electron chi connectivity index (χ4n) is 2.19. The number of pyridine rings is 1. The van der Waals surface area contributed by atoms with Crippen LogP contribution >= 0.6 is 11.8 Å². The van der Waals surface area contributed by atoms with E-state index in [9.17, 15) is 4.79 Å². The molecule has 0 fully saturated rings. The fourth-order valence-corrected chi connectivity index (χ4v) is 3.26. The van der Waals surface area contributed by atoms with Crippen LogP contribution in [0.5, 0.6) is 0 Å². The smallest absolute Gasteiger partial charge is 0.211 e. The molecule has 1 aliphatic heterocycles. The zero-order chi connectivity index (χ0) is 13.2. The van der Waals surface area contributed by atoms with Crippen molar-refractivity contribution in [3.8, 4) is 0 Å². The van der Waals surface area contributed by atoms with Gasteiger partial charge in [-0.25, -0.2) is 0 Å². The third kappa shape index (κ3) is 2.64. The van der Waals surface area contributed by atoms with Crippen LogP contribution in [0.2, 0.25) is 0 Å². The van der Waals surface area contributed by atoms with Crippen LogP contribution in [-0.4, -0.2) is 21.8 Å². The van der Waals surface area contributed by atoms with E-state index in [1.54, 1.807) is 24.2 Å². The summed E-state index contributed by atoms with van der Waals surface area (Å²) in [6.45, 7) is 4.17. The van der Waals surface area contributed by atoms with Gasteiger partial charge in [0.2, 0.25) is 6.41 Å². The van der Waals surface area contributed by atoms with Crippen molar-refractivity contribution in [2.75, 3.05) is 5.32 Å². The van der Waals surface area contributed by atoms with Crippen molar-refractivity contribution < 1.29 is 4.79 Å². The van der Waals surface area contributed by atoms with Crippen LogP contribution in [0.4, 0.5) is 5.69 Å². The van der Waals surface area contributed by atoms with Crippen molar-refractivity contribution in [2.24, 2.45) is 10.7 Å². The van der Waals surface area contributed by atoms with E-state index >= 15 is 0 Å². The molecule has 1 aromatic rings. The summed E-state index contributed by atoms with van der Waals surface area (Å²) < 4.78 is 0. The number of rotatable bonds is 3. The lowest BCUT2D eigenvalue weighted by molar-refractivity contribution is -0.105. The number of hydrogen-bond donors (Lipinski definition) is 2. The molecule has 0 aliphatic carbocycles. The van der Waals surface area contributed by atoms with Crippen LogP contribution in [0.25, 0.3) is 0 Å². The molecule has 2 rings (SSSR count). The van der Waals surface area contributed by atoms with Crippen LogP contribution in [0, 0.1) is 0 Å². The molecule has 0 saturated heterocycles. The number of anilines is 1. The summed E-state index contributed by atoms with van der Waals surface area (Å²) in [6, 6.07) is 1.89. The number of carbonyl (C=O) groups is 1. The van der Waals surface area contributed by atoms with Crippen LogP contribution in [0.1, 0.15) is 25.8 Å². The summed E-state index contributed by atoms with van der Waals surface area (Å²) in [6.07, 6.45) is 4.91. The van der Waals surface area contributed by atoms with Crippen molar-refractivity contribution in [3.63, 3.8) is 0 Å². The van der Waals surface area contributed by atoms with E-state index in [2.05, 4.69) is 22.2 Å². The van der Waals surface area contributed by atoms with Gasteiger partial charge in [-0.1, -0.05) is 18.7 Å². The minimum absolute atomic E-state index is 0.373. The third-order valence-corrected chi connectivity index (χ3v) is 3.85. The first kappa shape index (κ1) is 12.9. The first-order valence-corrected chi connectivity index (χ1v) is 6.59. The zero-order valence-corrected chi connectivity index (χ0v) is 11.2. The van der Waals surface area contributed by atoms with Crippen molar-refractivity contribution >= 4 is 29.0 Å². The Morgan fingerprint density at radius 2 is 2.39 bits per heavy atom. The molecule has 2 unspecified atom stereocenters. The Bertz CT molecular complexity index is 491. The number of amidine groups is 1. The summed E-state index contributed by atoms with van der Waals surface area (Å²) in [4.78, 5) is 19.1. The van der Waals surface area contributed by atoms with E-state index in [1.165, 1.54) is 0 Å². The van der Waals surface area contributed by atoms with Gasteiger partial charge in [0.05, 0.1) is 17.4 Å². The highest BCUT2D eigenvalue weighted by Gasteiger charge is 2.33. The minimum atomic E-state index is -0.373. The first-order chi connectivity index (χ1) is 8.53. The molecule has 0 spiro atoms. The largest absolute Gasteiger partial charge is 0.379 e. The maximum atomic E-state index is 10.5. The highest BCUT2D eigenvalue weighted by molar-refractivity contribution is 8.14. The summed E-state index contributed by atoms with van der Waals surface area (Å²) >= 11 is 1.59. The van der Waals surface area contributed by atoms with Gasteiger partial charge in [-0.3, -0.25) is 14.8 Å². The Morgan fingerprint density at radius 3 is 3.06 bits per heavy atom. The summed E-state index contributed by atoms with van der Waals surface area (Å²) in [5, 5.41) is 3.61. The lowest BCUT2D eigenvalue weighted by atomic mass is 9.89. The number of hydrogen-bond acceptors (Lipinski definition) is 5. The highest BCUT2D eigenvalue weighted by atomic mass is 32.2. The van der Waals surface area contributed by atoms with Gasteiger partial charge >= 0.3 is 0 Å². The molecule has 1 amide bonds. The van der Waals surface area contributed by atoms with Crippen molar-refractivity contribution in [1.82, 2.24) is 4.98 Å². The van der Waals surface area contributed by atoms with E-state index in [-0.39, 0.29) is 5.54 Å². The van der Waals surface area contributed by atoms with Gasteiger partial charge in [0.1, 0.15) is 0 Å². The monoisotopic (exact) mass is 264 g/mol. The topological polar surface area (TPSA) is 80.4 Å². The fraction of sp³-hybridized carbons (Fsp3) is 0.417. The lowest BCUT2D eigenvalue weighted by Crippen LogP contribution is -2.32. The molecule has 0 radical (unpaired) electrons. The summed E-state index contributed by atoms with van der Waals surface area (Å²) in [7, 11) is 0. The Morgan fingerprint density at radius 1 is 1.61 bits per heavy atom. The predicted molar refractivity (Wildman–Crippen MR) is 74.6 cm³/mol. The normalized spacial score (nSPS) is 27.4. The molecule has 18 heavy (non-hydrogen) atoms. The van der Waals surface area contributed by atoms with Crippen LogP contribution in [0.3, 0.4) is 0 Å². The first-order valence-electron chi connectivity index (χ1n) is 5.71. The van der Waals surface area contributed by atoms with Gasteiger partial charge in [0.15, 0.2) is 5.17 Å². The average Bonchev–Trinajstić information content (AvgIpc) is 2.28. The van der Waals surface area contributed by atoms with Gasteiger partial charge in [-0.15, -0.1) is 0 Å². The second-order valence-electron chi connectivity index (χ2n) is 4.58. The zero-order valence-electron chi connectivity index (χ0n) is 10.4. The number of carbonyl (C=O) groups excluding carboxylic acids is 1. The van der Waals surface area contributed by atoms with E-state index in [1.807, 2.05) is 13.0 Å². The number of aromatic nitrogens is 1. The number of aliphatic imine (C=N–C) groups is 1. The second-order valence-corrected chi connectivity index (χ2v) is 6.04. The van der Waals surface area contributed by atoms with Crippen molar-refractivity contribution in [3.05, 3.63) is 24.0 Å². The van der Waals surface area contributed by atoms with Crippen LogP contribution in [-0.2, 0) is 10.3 Å². The summed E-state index contributed by atoms with van der Waals surface area (Å²) in [5.74, 6) is 0. The molecule has 96 valence electrons. The van der Waals surface area contributed by atoms with E-state index in [4.69, 9.17) is 5.73 Å². The number of amides is 1. The Hall–Kier alpha value is -1.56. The molecule has 5 nitrogen and oxygen atoms in total. The third-order valence-electron chi connectivity index (χ3n) is 2.95. The maximum Gasteiger partial charge on any atom is 0.211 e. The van der Waals surface area contributed by atoms with E-state index in [0.29, 0.717) is 22.5 Å². The highest BCUT2D eigenvalue weighted by Crippen LogP contribution is 2.38. The Balaban J connectivity index is 2.37. The standard InChI is InChI=1S/C12H16N4OS/c1-8-4-12(2,16-11(13)18-8)9-3-10(15-7-17)6-14-5-9/h3,5-8H,4H2,1-2H3,(H2,13,16)(H,15,17). The summed E-state index contributed by atoms with van der Waals surface area (Å²) in [5.41, 5.74) is 7.12. The van der Waals surface area contributed by atoms with Gasteiger partial charge in [0, 0.05) is 11.4 Å². The van der Waals surface area contributed by atoms with Gasteiger partial charge in [-0.05, 0) is 25.0 Å². The number of nitrogens with zero attached hydrogens (tertiary/aromatic N) is 2. The van der Waals surface area contributed by atoms with Gasteiger partial charge < -0.3 is 11.1 Å². The molecule has 1 aromatic heterocycles. The molecule has 0 saturated carbocycles. The van der Waals surface area contributed by atoms with Crippen LogP contribution < -0.4 is 11.1 Å². The van der Waals surface area contributed by atoms with Crippen molar-refractivity contribution in [1.29, 1.82) is 0 Å².